The first-order chi connectivity index (χ1) is 8.24. The zero-order valence-corrected chi connectivity index (χ0v) is 9.55. The highest BCUT2D eigenvalue weighted by molar-refractivity contribution is 5.67. The highest BCUT2D eigenvalue weighted by Crippen LogP contribution is 2.31. The van der Waals surface area contributed by atoms with Gasteiger partial charge in [0.1, 0.15) is 0 Å². The number of aliphatic hydroxyl groups is 1. The number of aliphatic hydroxyl groups excluding tert-OH is 1. The maximum atomic E-state index is 9.52. The Morgan fingerprint density at radius 3 is 2.53 bits per heavy atom. The molecule has 3 heteroatoms. The fourth-order valence-electron chi connectivity index (χ4n) is 1.71. The minimum atomic E-state index is 0.0169. The van der Waals surface area contributed by atoms with Gasteiger partial charge in [-0.15, -0.1) is 0 Å². The smallest absolute Gasteiger partial charge is 0.161 e. The van der Waals surface area contributed by atoms with E-state index in [4.69, 9.17) is 9.84 Å². The summed E-state index contributed by atoms with van der Waals surface area (Å²) in [6, 6.07) is 12.8. The topological polar surface area (TPSA) is 49.7 Å². The fraction of sp³-hybridized carbons (Fsp3) is 0.143. The lowest BCUT2D eigenvalue weighted by atomic mass is 10.0. The molecule has 0 radical (unpaired) electrons. The molecular formula is C14H14O3. The van der Waals surface area contributed by atoms with E-state index >= 15 is 0 Å². The molecule has 0 saturated heterocycles. The van der Waals surface area contributed by atoms with Gasteiger partial charge in [0.15, 0.2) is 11.5 Å². The molecular weight excluding hydrogens is 216 g/mol. The number of hydrogen-bond acceptors (Lipinski definition) is 3. The molecule has 0 aliphatic rings. The van der Waals surface area contributed by atoms with Crippen LogP contribution in [0.2, 0.25) is 0 Å². The second-order valence-electron chi connectivity index (χ2n) is 3.75. The van der Waals surface area contributed by atoms with Crippen LogP contribution >= 0.6 is 0 Å². The van der Waals surface area contributed by atoms with Crippen molar-refractivity contribution < 1.29 is 14.9 Å². The van der Waals surface area contributed by atoms with E-state index in [1.54, 1.807) is 12.1 Å². The van der Waals surface area contributed by atoms with E-state index in [1.807, 2.05) is 30.3 Å². The van der Waals surface area contributed by atoms with Gasteiger partial charge in [-0.1, -0.05) is 24.3 Å². The predicted octanol–water partition coefficient (Wildman–Crippen LogP) is 2.56. The molecule has 3 nitrogen and oxygen atoms in total. The van der Waals surface area contributed by atoms with Gasteiger partial charge in [0.25, 0.3) is 0 Å². The van der Waals surface area contributed by atoms with Gasteiger partial charge >= 0.3 is 0 Å². The summed E-state index contributed by atoms with van der Waals surface area (Å²) < 4.78 is 5.06. The van der Waals surface area contributed by atoms with Gasteiger partial charge in [-0.25, -0.2) is 0 Å². The summed E-state index contributed by atoms with van der Waals surface area (Å²) in [5.41, 5.74) is 2.78. The molecule has 0 fully saturated rings. The fourth-order valence-corrected chi connectivity index (χ4v) is 1.71. The molecule has 0 unspecified atom stereocenters. The third-order valence-corrected chi connectivity index (χ3v) is 2.62. The monoisotopic (exact) mass is 230 g/mol. The van der Waals surface area contributed by atoms with E-state index in [-0.39, 0.29) is 12.4 Å². The maximum absolute atomic E-state index is 9.52. The van der Waals surface area contributed by atoms with Gasteiger partial charge in [-0.2, -0.15) is 0 Å². The average molecular weight is 230 g/mol. The van der Waals surface area contributed by atoms with E-state index in [9.17, 15) is 5.11 Å². The molecule has 2 rings (SSSR count). The first kappa shape index (κ1) is 11.5. The molecule has 2 aromatic rings. The Labute approximate surface area is 99.9 Å². The summed E-state index contributed by atoms with van der Waals surface area (Å²) in [7, 11) is 1.52. The molecule has 0 aliphatic carbocycles. The molecule has 0 bridgehead atoms. The third kappa shape index (κ3) is 2.40. The number of aromatic hydroxyl groups is 1. The van der Waals surface area contributed by atoms with E-state index in [0.717, 1.165) is 16.7 Å². The number of methoxy groups -OCH3 is 1. The van der Waals surface area contributed by atoms with Crippen LogP contribution in [-0.2, 0) is 6.61 Å². The van der Waals surface area contributed by atoms with Gasteiger partial charge in [0.05, 0.1) is 13.7 Å². The summed E-state index contributed by atoms with van der Waals surface area (Å²) >= 11 is 0. The number of ether oxygens (including phenoxy) is 1. The summed E-state index contributed by atoms with van der Waals surface area (Å²) in [6.45, 7) is 0.0169. The lowest BCUT2D eigenvalue weighted by molar-refractivity contribution is 0.282. The van der Waals surface area contributed by atoms with Crippen LogP contribution in [0.1, 0.15) is 5.56 Å². The number of phenolic OH excluding ortho intramolecular Hbond substituents is 1. The number of phenols is 1. The van der Waals surface area contributed by atoms with Gasteiger partial charge < -0.3 is 14.9 Å². The van der Waals surface area contributed by atoms with Crippen LogP contribution in [0.3, 0.4) is 0 Å². The number of rotatable bonds is 3. The largest absolute Gasteiger partial charge is 0.504 e. The minimum Gasteiger partial charge on any atom is -0.504 e. The van der Waals surface area contributed by atoms with Crippen molar-refractivity contribution in [1.29, 1.82) is 0 Å². The van der Waals surface area contributed by atoms with E-state index in [1.165, 1.54) is 7.11 Å². The standard InChI is InChI=1S/C14H14O3/c1-17-14-8-12(5-6-13(14)16)11-4-2-3-10(7-11)9-15/h2-8,15-16H,9H2,1H3. The van der Waals surface area contributed by atoms with Crippen LogP contribution in [0.25, 0.3) is 11.1 Å². The van der Waals surface area contributed by atoms with Crippen LogP contribution in [0.5, 0.6) is 11.5 Å². The Hall–Kier alpha value is -2.00. The Morgan fingerprint density at radius 1 is 1.06 bits per heavy atom. The maximum Gasteiger partial charge on any atom is 0.161 e. The summed E-state index contributed by atoms with van der Waals surface area (Å²) in [5, 5.41) is 18.6. The Bertz CT molecular complexity index is 521. The second-order valence-corrected chi connectivity index (χ2v) is 3.75. The van der Waals surface area contributed by atoms with Crippen molar-refractivity contribution in [2.75, 3.05) is 7.11 Å². The lowest BCUT2D eigenvalue weighted by Gasteiger charge is -2.07. The predicted molar refractivity (Wildman–Crippen MR) is 66.0 cm³/mol. The Kier molecular flexibility index (Phi) is 3.30. The summed E-state index contributed by atoms with van der Waals surface area (Å²) in [6.07, 6.45) is 0. The molecule has 2 N–H and O–H groups in total. The highest BCUT2D eigenvalue weighted by atomic mass is 16.5. The molecule has 0 amide bonds. The molecule has 0 atom stereocenters. The first-order valence-electron chi connectivity index (χ1n) is 5.32. The van der Waals surface area contributed by atoms with Crippen molar-refractivity contribution in [3.63, 3.8) is 0 Å². The minimum absolute atomic E-state index is 0.0169. The number of benzene rings is 2. The van der Waals surface area contributed by atoms with Gasteiger partial charge in [-0.3, -0.25) is 0 Å². The second kappa shape index (κ2) is 4.89. The van der Waals surface area contributed by atoms with E-state index in [2.05, 4.69) is 0 Å². The molecule has 17 heavy (non-hydrogen) atoms. The van der Waals surface area contributed by atoms with Crippen molar-refractivity contribution in [2.45, 2.75) is 6.61 Å². The Morgan fingerprint density at radius 2 is 1.82 bits per heavy atom. The van der Waals surface area contributed by atoms with E-state index < -0.39 is 0 Å². The normalized spacial score (nSPS) is 10.2. The van der Waals surface area contributed by atoms with E-state index in [0.29, 0.717) is 5.75 Å². The van der Waals surface area contributed by atoms with Crippen LogP contribution in [0.4, 0.5) is 0 Å². The molecule has 88 valence electrons. The molecule has 0 saturated carbocycles. The van der Waals surface area contributed by atoms with Crippen molar-refractivity contribution in [3.05, 3.63) is 48.0 Å². The van der Waals surface area contributed by atoms with Gasteiger partial charge in [0, 0.05) is 0 Å². The van der Waals surface area contributed by atoms with Gasteiger partial charge in [-0.05, 0) is 34.9 Å². The van der Waals surface area contributed by atoms with Crippen molar-refractivity contribution in [2.24, 2.45) is 0 Å². The summed E-state index contributed by atoms with van der Waals surface area (Å²) in [5.74, 6) is 0.562. The molecule has 2 aromatic carbocycles. The lowest BCUT2D eigenvalue weighted by Crippen LogP contribution is -1.87. The zero-order valence-electron chi connectivity index (χ0n) is 9.55. The molecule has 0 spiro atoms. The first-order valence-corrected chi connectivity index (χ1v) is 5.32. The van der Waals surface area contributed by atoms with Crippen LogP contribution in [0.15, 0.2) is 42.5 Å². The van der Waals surface area contributed by atoms with Crippen molar-refractivity contribution in [1.82, 2.24) is 0 Å². The Balaban J connectivity index is 2.45. The van der Waals surface area contributed by atoms with Crippen LogP contribution in [-0.4, -0.2) is 17.3 Å². The number of hydrogen-bond donors (Lipinski definition) is 2. The van der Waals surface area contributed by atoms with Crippen LogP contribution < -0.4 is 4.74 Å². The average Bonchev–Trinajstić information content (AvgIpc) is 2.39. The molecule has 0 aliphatic heterocycles. The summed E-state index contributed by atoms with van der Waals surface area (Å²) in [4.78, 5) is 0. The highest BCUT2D eigenvalue weighted by Gasteiger charge is 2.04. The third-order valence-electron chi connectivity index (χ3n) is 2.62. The quantitative estimate of drug-likeness (QED) is 0.852. The van der Waals surface area contributed by atoms with Gasteiger partial charge in [0.2, 0.25) is 0 Å². The van der Waals surface area contributed by atoms with Crippen LogP contribution in [0, 0.1) is 0 Å². The SMILES string of the molecule is COc1cc(-c2cccc(CO)c2)ccc1O. The van der Waals surface area contributed by atoms with Crippen molar-refractivity contribution >= 4 is 0 Å². The zero-order chi connectivity index (χ0) is 12.3. The van der Waals surface area contributed by atoms with Crippen molar-refractivity contribution in [3.8, 4) is 22.6 Å². The molecule has 0 aromatic heterocycles. The molecule has 0 heterocycles.